The molecule has 0 saturated heterocycles. The number of nitrogens with zero attached hydrogens (tertiary/aromatic N) is 2. The minimum absolute atomic E-state index is 0.337. The molecule has 1 aromatic carbocycles. The predicted molar refractivity (Wildman–Crippen MR) is 71.4 cm³/mol. The number of hydrogen-bond acceptors (Lipinski definition) is 4. The smallest absolute Gasteiger partial charge is 0.194 e. The van der Waals surface area contributed by atoms with E-state index in [9.17, 15) is 8.78 Å². The maximum atomic E-state index is 13.2. The quantitative estimate of drug-likeness (QED) is 0.807. The van der Waals surface area contributed by atoms with Gasteiger partial charge in [0.1, 0.15) is 5.03 Å². The molecule has 0 aliphatic rings. The van der Waals surface area contributed by atoms with Gasteiger partial charge in [-0.15, -0.1) is 11.3 Å². The van der Waals surface area contributed by atoms with Crippen LogP contribution < -0.4 is 5.73 Å². The first-order valence-electron chi connectivity index (χ1n) is 5.46. The highest BCUT2D eigenvalue weighted by Crippen LogP contribution is 2.32. The second-order valence-electron chi connectivity index (χ2n) is 3.80. The fraction of sp³-hybridized carbons (Fsp3) is 0.0833. The standard InChI is InChI=1S/C12H9F2N3S2/c13-8-2-1-7(5-9(8)14)19-11-10(6-15)17-3-4-18-12(17)16-11/h1-5H,6,15H2. The van der Waals surface area contributed by atoms with Crippen molar-refractivity contribution in [3.63, 3.8) is 0 Å². The number of fused-ring (bicyclic) bond motifs is 1. The molecule has 98 valence electrons. The van der Waals surface area contributed by atoms with Crippen LogP contribution in [0.15, 0.2) is 39.7 Å². The maximum Gasteiger partial charge on any atom is 0.194 e. The lowest BCUT2D eigenvalue weighted by Crippen LogP contribution is -2.01. The van der Waals surface area contributed by atoms with Crippen LogP contribution in [0, 0.1) is 11.6 Å². The Morgan fingerprint density at radius 2 is 2.16 bits per heavy atom. The molecule has 19 heavy (non-hydrogen) atoms. The molecule has 0 spiro atoms. The van der Waals surface area contributed by atoms with Crippen LogP contribution in [0.2, 0.25) is 0 Å². The van der Waals surface area contributed by atoms with E-state index in [1.54, 1.807) is 0 Å². The van der Waals surface area contributed by atoms with E-state index in [2.05, 4.69) is 4.98 Å². The van der Waals surface area contributed by atoms with Gasteiger partial charge in [0.15, 0.2) is 16.6 Å². The fourth-order valence-electron chi connectivity index (χ4n) is 1.73. The van der Waals surface area contributed by atoms with Crippen LogP contribution in [0.1, 0.15) is 5.69 Å². The van der Waals surface area contributed by atoms with E-state index >= 15 is 0 Å². The summed E-state index contributed by atoms with van der Waals surface area (Å²) in [6.45, 7) is 0.337. The molecule has 2 N–H and O–H groups in total. The topological polar surface area (TPSA) is 43.3 Å². The second-order valence-corrected chi connectivity index (χ2v) is 5.74. The Morgan fingerprint density at radius 1 is 1.32 bits per heavy atom. The van der Waals surface area contributed by atoms with Gasteiger partial charge < -0.3 is 5.73 Å². The molecule has 2 aromatic heterocycles. The van der Waals surface area contributed by atoms with Crippen LogP contribution in [-0.4, -0.2) is 9.38 Å². The van der Waals surface area contributed by atoms with E-state index in [-0.39, 0.29) is 0 Å². The Labute approximate surface area is 116 Å². The largest absolute Gasteiger partial charge is 0.325 e. The molecule has 3 nitrogen and oxygen atoms in total. The molecule has 7 heteroatoms. The Hall–Kier alpha value is -1.44. The van der Waals surface area contributed by atoms with Crippen LogP contribution in [0.25, 0.3) is 4.96 Å². The lowest BCUT2D eigenvalue weighted by atomic mass is 10.3. The van der Waals surface area contributed by atoms with E-state index in [0.717, 1.165) is 27.8 Å². The summed E-state index contributed by atoms with van der Waals surface area (Å²) in [7, 11) is 0. The summed E-state index contributed by atoms with van der Waals surface area (Å²) in [4.78, 5) is 5.87. The fourth-order valence-corrected chi connectivity index (χ4v) is 3.48. The minimum atomic E-state index is -0.861. The van der Waals surface area contributed by atoms with Crippen LogP contribution in [-0.2, 0) is 6.54 Å². The minimum Gasteiger partial charge on any atom is -0.325 e. The van der Waals surface area contributed by atoms with Crippen molar-refractivity contribution in [2.75, 3.05) is 0 Å². The predicted octanol–water partition coefficient (Wildman–Crippen LogP) is 3.28. The van der Waals surface area contributed by atoms with E-state index in [1.807, 2.05) is 16.0 Å². The van der Waals surface area contributed by atoms with Crippen LogP contribution in [0.5, 0.6) is 0 Å². The molecular formula is C12H9F2N3S2. The van der Waals surface area contributed by atoms with Crippen molar-refractivity contribution >= 4 is 28.1 Å². The van der Waals surface area contributed by atoms with Crippen molar-refractivity contribution in [3.8, 4) is 0 Å². The van der Waals surface area contributed by atoms with Gasteiger partial charge in [0, 0.05) is 23.0 Å². The molecule has 0 bridgehead atoms. The molecule has 0 radical (unpaired) electrons. The SMILES string of the molecule is NCc1c(Sc2ccc(F)c(F)c2)nc2sccn12. The Kier molecular flexibility index (Phi) is 3.26. The third-order valence-corrected chi connectivity index (χ3v) is 4.39. The summed E-state index contributed by atoms with van der Waals surface area (Å²) in [5.74, 6) is -1.71. The second kappa shape index (κ2) is 4.92. The number of nitrogens with two attached hydrogens (primary N) is 1. The van der Waals surface area contributed by atoms with Crippen molar-refractivity contribution in [3.05, 3.63) is 47.1 Å². The zero-order chi connectivity index (χ0) is 13.4. The number of benzene rings is 1. The number of aromatic nitrogens is 2. The summed E-state index contributed by atoms with van der Waals surface area (Å²) < 4.78 is 28.0. The van der Waals surface area contributed by atoms with Gasteiger partial charge >= 0.3 is 0 Å². The van der Waals surface area contributed by atoms with Crippen molar-refractivity contribution in [1.29, 1.82) is 0 Å². The van der Waals surface area contributed by atoms with E-state index in [4.69, 9.17) is 5.73 Å². The highest BCUT2D eigenvalue weighted by atomic mass is 32.2. The van der Waals surface area contributed by atoms with Gasteiger partial charge in [-0.3, -0.25) is 4.40 Å². The number of thiazole rings is 1. The molecular weight excluding hydrogens is 288 g/mol. The average Bonchev–Trinajstić information content (AvgIpc) is 2.94. The molecule has 2 heterocycles. The van der Waals surface area contributed by atoms with E-state index in [0.29, 0.717) is 11.4 Å². The number of rotatable bonds is 3. The monoisotopic (exact) mass is 297 g/mol. The van der Waals surface area contributed by atoms with Crippen molar-refractivity contribution in [1.82, 2.24) is 9.38 Å². The molecule has 0 unspecified atom stereocenters. The van der Waals surface area contributed by atoms with Crippen molar-refractivity contribution in [2.24, 2.45) is 5.73 Å². The average molecular weight is 297 g/mol. The third-order valence-electron chi connectivity index (χ3n) is 2.62. The molecule has 0 atom stereocenters. The lowest BCUT2D eigenvalue weighted by molar-refractivity contribution is 0.506. The molecule has 3 rings (SSSR count). The highest BCUT2D eigenvalue weighted by molar-refractivity contribution is 7.99. The first-order valence-corrected chi connectivity index (χ1v) is 7.16. The number of hydrogen-bond donors (Lipinski definition) is 1. The maximum absolute atomic E-state index is 13.2. The Morgan fingerprint density at radius 3 is 2.89 bits per heavy atom. The van der Waals surface area contributed by atoms with E-state index < -0.39 is 11.6 Å². The summed E-state index contributed by atoms with van der Waals surface area (Å²) in [6, 6.07) is 3.79. The number of imidazole rings is 1. The highest BCUT2D eigenvalue weighted by Gasteiger charge is 2.14. The van der Waals surface area contributed by atoms with Gasteiger partial charge in [-0.1, -0.05) is 11.8 Å². The summed E-state index contributed by atoms with van der Waals surface area (Å²) in [6.07, 6.45) is 1.89. The zero-order valence-corrected chi connectivity index (χ0v) is 11.3. The molecule has 0 fully saturated rings. The lowest BCUT2D eigenvalue weighted by Gasteiger charge is -2.02. The zero-order valence-electron chi connectivity index (χ0n) is 9.64. The van der Waals surface area contributed by atoms with Gasteiger partial charge in [-0.05, 0) is 18.2 Å². The van der Waals surface area contributed by atoms with E-state index in [1.165, 1.54) is 29.2 Å². The van der Waals surface area contributed by atoms with Crippen LogP contribution in [0.3, 0.4) is 0 Å². The molecule has 3 aromatic rings. The van der Waals surface area contributed by atoms with Gasteiger partial charge in [-0.2, -0.15) is 0 Å². The number of halogens is 2. The Balaban J connectivity index is 2.00. The van der Waals surface area contributed by atoms with Gasteiger partial charge in [-0.25, -0.2) is 13.8 Å². The normalized spacial score (nSPS) is 11.3. The van der Waals surface area contributed by atoms with Crippen molar-refractivity contribution < 1.29 is 8.78 Å². The van der Waals surface area contributed by atoms with Gasteiger partial charge in [0.25, 0.3) is 0 Å². The van der Waals surface area contributed by atoms with Crippen molar-refractivity contribution in [2.45, 2.75) is 16.5 Å². The third kappa shape index (κ3) is 2.24. The van der Waals surface area contributed by atoms with Gasteiger partial charge in [0.05, 0.1) is 5.69 Å². The molecule has 0 amide bonds. The van der Waals surface area contributed by atoms with Gasteiger partial charge in [0.2, 0.25) is 0 Å². The summed E-state index contributed by atoms with van der Waals surface area (Å²) in [5, 5.41) is 2.65. The first-order chi connectivity index (χ1) is 9.19. The van der Waals surface area contributed by atoms with Crippen LogP contribution in [0.4, 0.5) is 8.78 Å². The Bertz CT molecular complexity index is 736. The summed E-state index contributed by atoms with van der Waals surface area (Å²) >= 11 is 2.78. The summed E-state index contributed by atoms with van der Waals surface area (Å²) in [5.41, 5.74) is 6.59. The van der Waals surface area contributed by atoms with Crippen LogP contribution >= 0.6 is 23.1 Å². The first kappa shape index (κ1) is 12.6. The molecule has 0 aliphatic carbocycles. The molecule has 0 saturated carbocycles. The molecule has 0 aliphatic heterocycles.